The highest BCUT2D eigenvalue weighted by atomic mass is 35.5. The molecule has 2 nitrogen and oxygen atoms in total. The van der Waals surface area contributed by atoms with E-state index in [0.717, 1.165) is 12.5 Å². The Morgan fingerprint density at radius 1 is 1.31 bits per heavy atom. The lowest BCUT2D eigenvalue weighted by atomic mass is 9.71. The molecule has 0 aromatic carbocycles. The van der Waals surface area contributed by atoms with E-state index >= 15 is 0 Å². The summed E-state index contributed by atoms with van der Waals surface area (Å²) in [6, 6.07) is 0. The van der Waals surface area contributed by atoms with Crippen LogP contribution in [0, 0.1) is 11.3 Å². The molecule has 0 unspecified atom stereocenters. The van der Waals surface area contributed by atoms with E-state index in [0.29, 0.717) is 12.3 Å². The van der Waals surface area contributed by atoms with E-state index in [9.17, 15) is 4.79 Å². The van der Waals surface area contributed by atoms with Gasteiger partial charge in [0.2, 0.25) is 5.91 Å². The van der Waals surface area contributed by atoms with Crippen molar-refractivity contribution in [2.45, 2.75) is 52.4 Å². The number of amides is 1. The highest BCUT2D eigenvalue weighted by Gasteiger charge is 2.30. The van der Waals surface area contributed by atoms with Crippen molar-refractivity contribution in [2.24, 2.45) is 11.3 Å². The van der Waals surface area contributed by atoms with E-state index in [2.05, 4.69) is 19.2 Å². The van der Waals surface area contributed by atoms with Gasteiger partial charge in [0.05, 0.1) is 0 Å². The Morgan fingerprint density at radius 2 is 1.94 bits per heavy atom. The molecule has 0 spiro atoms. The van der Waals surface area contributed by atoms with Crippen LogP contribution in [0.15, 0.2) is 0 Å². The molecule has 94 valence electrons. The summed E-state index contributed by atoms with van der Waals surface area (Å²) in [4.78, 5) is 11.4. The van der Waals surface area contributed by atoms with Gasteiger partial charge in [-0.2, -0.15) is 0 Å². The Labute approximate surface area is 104 Å². The number of hydrogen-bond donors (Lipinski definition) is 1. The first-order valence-corrected chi connectivity index (χ1v) is 6.92. The monoisotopic (exact) mass is 245 g/mol. The number of hydrogen-bond acceptors (Lipinski definition) is 1. The Kier molecular flexibility index (Phi) is 5.60. The average Bonchev–Trinajstić information content (AvgIpc) is 2.28. The molecule has 0 aromatic rings. The van der Waals surface area contributed by atoms with Crippen LogP contribution in [-0.2, 0) is 4.79 Å². The Balaban J connectivity index is 2.34. The fourth-order valence-electron chi connectivity index (χ4n) is 2.53. The van der Waals surface area contributed by atoms with Crippen LogP contribution in [0.1, 0.15) is 52.4 Å². The molecule has 1 rings (SSSR count). The Morgan fingerprint density at radius 3 is 2.50 bits per heavy atom. The van der Waals surface area contributed by atoms with Gasteiger partial charge in [-0.15, -0.1) is 11.6 Å². The van der Waals surface area contributed by atoms with Gasteiger partial charge in [-0.05, 0) is 24.2 Å². The molecule has 1 aliphatic carbocycles. The van der Waals surface area contributed by atoms with Gasteiger partial charge in [-0.3, -0.25) is 4.79 Å². The number of alkyl halides is 1. The first kappa shape index (κ1) is 13.8. The van der Waals surface area contributed by atoms with Gasteiger partial charge >= 0.3 is 0 Å². The van der Waals surface area contributed by atoms with Gasteiger partial charge in [0.15, 0.2) is 0 Å². The minimum Gasteiger partial charge on any atom is -0.356 e. The molecule has 1 saturated carbocycles. The molecule has 0 aromatic heterocycles. The topological polar surface area (TPSA) is 29.1 Å². The van der Waals surface area contributed by atoms with Gasteiger partial charge in [-0.25, -0.2) is 0 Å². The zero-order valence-electron chi connectivity index (χ0n) is 10.5. The lowest BCUT2D eigenvalue weighted by Gasteiger charge is -2.37. The first-order chi connectivity index (χ1) is 7.56. The number of rotatable bonds is 5. The van der Waals surface area contributed by atoms with Crippen molar-refractivity contribution in [1.29, 1.82) is 0 Å². The van der Waals surface area contributed by atoms with E-state index in [-0.39, 0.29) is 11.3 Å². The lowest BCUT2D eigenvalue weighted by molar-refractivity contribution is -0.121. The third-order valence-electron chi connectivity index (χ3n) is 3.77. The summed E-state index contributed by atoms with van der Waals surface area (Å²) in [7, 11) is 0. The van der Waals surface area contributed by atoms with Crippen molar-refractivity contribution in [3.63, 3.8) is 0 Å². The Hall–Kier alpha value is -0.240. The van der Waals surface area contributed by atoms with E-state index in [1.54, 1.807) is 0 Å². The summed E-state index contributed by atoms with van der Waals surface area (Å²) >= 11 is 5.53. The minimum absolute atomic E-state index is 0.0823. The van der Waals surface area contributed by atoms with E-state index in [1.165, 1.54) is 32.1 Å². The predicted molar refractivity (Wildman–Crippen MR) is 68.7 cm³/mol. The molecule has 0 aliphatic heterocycles. The van der Waals surface area contributed by atoms with Crippen LogP contribution in [0.4, 0.5) is 0 Å². The fourth-order valence-corrected chi connectivity index (χ4v) is 2.70. The lowest BCUT2D eigenvalue weighted by Crippen LogP contribution is -2.39. The zero-order chi connectivity index (χ0) is 12.0. The molecular formula is C13H24ClNO. The number of halogens is 1. The Bertz CT molecular complexity index is 222. The van der Waals surface area contributed by atoms with E-state index in [1.807, 2.05) is 0 Å². The second-order valence-corrected chi connectivity index (χ2v) is 5.92. The SMILES string of the molecule is CC(C)(CNC(=O)CCCl)C1CCCCC1. The third kappa shape index (κ3) is 4.32. The summed E-state index contributed by atoms with van der Waals surface area (Å²) in [5.41, 5.74) is 0.225. The maximum absolute atomic E-state index is 11.4. The summed E-state index contributed by atoms with van der Waals surface area (Å²) in [6.45, 7) is 5.32. The van der Waals surface area contributed by atoms with Crippen molar-refractivity contribution in [2.75, 3.05) is 12.4 Å². The van der Waals surface area contributed by atoms with Crippen LogP contribution >= 0.6 is 11.6 Å². The van der Waals surface area contributed by atoms with Gasteiger partial charge in [-0.1, -0.05) is 33.1 Å². The summed E-state index contributed by atoms with van der Waals surface area (Å²) < 4.78 is 0. The highest BCUT2D eigenvalue weighted by molar-refractivity contribution is 6.18. The number of carbonyl (C=O) groups excluding carboxylic acids is 1. The van der Waals surface area contributed by atoms with Crippen LogP contribution in [-0.4, -0.2) is 18.3 Å². The fraction of sp³-hybridized carbons (Fsp3) is 0.923. The van der Waals surface area contributed by atoms with Crippen LogP contribution in [0.5, 0.6) is 0 Å². The molecule has 16 heavy (non-hydrogen) atoms. The highest BCUT2D eigenvalue weighted by Crippen LogP contribution is 2.37. The van der Waals surface area contributed by atoms with Gasteiger partial charge in [0, 0.05) is 18.8 Å². The molecular weight excluding hydrogens is 222 g/mol. The van der Waals surface area contributed by atoms with Crippen LogP contribution in [0.2, 0.25) is 0 Å². The second-order valence-electron chi connectivity index (χ2n) is 5.54. The first-order valence-electron chi connectivity index (χ1n) is 6.39. The van der Waals surface area contributed by atoms with Crippen molar-refractivity contribution >= 4 is 17.5 Å². The van der Waals surface area contributed by atoms with Crippen molar-refractivity contribution in [1.82, 2.24) is 5.32 Å². The van der Waals surface area contributed by atoms with Crippen molar-refractivity contribution < 1.29 is 4.79 Å². The molecule has 1 fully saturated rings. The van der Waals surface area contributed by atoms with Crippen LogP contribution in [0.25, 0.3) is 0 Å². The molecule has 1 aliphatic rings. The molecule has 0 atom stereocenters. The molecule has 1 N–H and O–H groups in total. The maximum atomic E-state index is 11.4. The second kappa shape index (κ2) is 6.48. The van der Waals surface area contributed by atoms with Crippen LogP contribution in [0.3, 0.4) is 0 Å². The summed E-state index contributed by atoms with van der Waals surface area (Å²) in [6.07, 6.45) is 7.15. The summed E-state index contributed by atoms with van der Waals surface area (Å²) in [5, 5.41) is 3.00. The number of carbonyl (C=O) groups is 1. The standard InChI is InChI=1S/C13H24ClNO/c1-13(2,10-15-12(16)8-9-14)11-6-4-3-5-7-11/h11H,3-10H2,1-2H3,(H,15,16). The molecule has 0 radical (unpaired) electrons. The largest absolute Gasteiger partial charge is 0.356 e. The molecule has 1 amide bonds. The zero-order valence-corrected chi connectivity index (χ0v) is 11.3. The van der Waals surface area contributed by atoms with E-state index < -0.39 is 0 Å². The molecule has 0 saturated heterocycles. The smallest absolute Gasteiger partial charge is 0.221 e. The maximum Gasteiger partial charge on any atom is 0.221 e. The number of nitrogens with one attached hydrogen (secondary N) is 1. The summed E-state index contributed by atoms with van der Waals surface area (Å²) in [5.74, 6) is 1.26. The minimum atomic E-state index is 0.0823. The quantitative estimate of drug-likeness (QED) is 0.740. The third-order valence-corrected chi connectivity index (χ3v) is 3.96. The predicted octanol–water partition coefficient (Wildman–Crippen LogP) is 3.34. The molecule has 3 heteroatoms. The molecule has 0 bridgehead atoms. The van der Waals surface area contributed by atoms with Gasteiger partial charge < -0.3 is 5.32 Å². The van der Waals surface area contributed by atoms with Crippen molar-refractivity contribution in [3.8, 4) is 0 Å². The van der Waals surface area contributed by atoms with Crippen LogP contribution < -0.4 is 5.32 Å². The van der Waals surface area contributed by atoms with Gasteiger partial charge in [0.1, 0.15) is 0 Å². The van der Waals surface area contributed by atoms with E-state index in [4.69, 9.17) is 11.6 Å². The molecule has 0 heterocycles. The van der Waals surface area contributed by atoms with Crippen molar-refractivity contribution in [3.05, 3.63) is 0 Å². The average molecular weight is 246 g/mol. The van der Waals surface area contributed by atoms with Gasteiger partial charge in [0.25, 0.3) is 0 Å². The normalized spacial score (nSPS) is 18.4.